The molecule has 2 aromatic heterocycles. The van der Waals surface area contributed by atoms with Gasteiger partial charge in [-0.05, 0) is 37.2 Å². The van der Waals surface area contributed by atoms with Crippen LogP contribution in [0.3, 0.4) is 0 Å². The zero-order valence-electron chi connectivity index (χ0n) is 16.1. The third kappa shape index (κ3) is 5.35. The zero-order chi connectivity index (χ0) is 20.8. The Hall–Kier alpha value is -2.42. The number of ether oxygens (including phenoxy) is 1. The van der Waals surface area contributed by atoms with Gasteiger partial charge in [0.2, 0.25) is 0 Å². The predicted molar refractivity (Wildman–Crippen MR) is 122 cm³/mol. The second kappa shape index (κ2) is 9.87. The second-order valence-corrected chi connectivity index (χ2v) is 8.11. The lowest BCUT2D eigenvalue weighted by Crippen LogP contribution is -2.30. The van der Waals surface area contributed by atoms with E-state index >= 15 is 0 Å². The highest BCUT2D eigenvalue weighted by atomic mass is 35.5. The number of aryl methyl sites for hydroxylation is 1. The summed E-state index contributed by atoms with van der Waals surface area (Å²) in [5.41, 5.74) is 2.44. The van der Waals surface area contributed by atoms with Gasteiger partial charge in [-0.25, -0.2) is 4.79 Å². The molecular formula is C20H21ClN4O2S2. The average Bonchev–Trinajstić information content (AvgIpc) is 3.29. The van der Waals surface area contributed by atoms with Gasteiger partial charge in [-0.1, -0.05) is 41.9 Å². The number of thiocarbonyl (C=S) groups is 1. The molecule has 2 N–H and O–H groups in total. The summed E-state index contributed by atoms with van der Waals surface area (Å²) in [6.07, 6.45) is 2.47. The number of esters is 1. The minimum atomic E-state index is -0.403. The minimum Gasteiger partial charge on any atom is -0.465 e. The topological polar surface area (TPSA) is 68.2 Å². The summed E-state index contributed by atoms with van der Waals surface area (Å²) in [7, 11) is 1.37. The summed E-state index contributed by atoms with van der Waals surface area (Å²) in [6, 6.07) is 11.7. The number of rotatable bonds is 7. The van der Waals surface area contributed by atoms with Gasteiger partial charge >= 0.3 is 5.97 Å². The SMILES string of the molecule is COC(=O)c1cc(-c2ccccc2)sc1NC(=S)NCCCn1ncc(Cl)c1C. The molecule has 1 aromatic carbocycles. The molecule has 152 valence electrons. The first kappa shape index (κ1) is 21.3. The molecule has 0 spiro atoms. The number of nitrogens with zero attached hydrogens (tertiary/aromatic N) is 2. The maximum Gasteiger partial charge on any atom is 0.340 e. The molecule has 0 aliphatic heterocycles. The molecule has 9 heteroatoms. The van der Waals surface area contributed by atoms with Crippen molar-refractivity contribution in [2.24, 2.45) is 0 Å². The fourth-order valence-corrected chi connectivity index (χ4v) is 4.18. The Morgan fingerprint density at radius 2 is 2.10 bits per heavy atom. The number of hydrogen-bond acceptors (Lipinski definition) is 5. The van der Waals surface area contributed by atoms with Gasteiger partial charge in [0.25, 0.3) is 0 Å². The largest absolute Gasteiger partial charge is 0.465 e. The lowest BCUT2D eigenvalue weighted by atomic mass is 10.1. The molecule has 0 unspecified atom stereocenters. The van der Waals surface area contributed by atoms with Crippen LogP contribution < -0.4 is 10.6 Å². The number of nitrogens with one attached hydrogen (secondary N) is 2. The van der Waals surface area contributed by atoms with Crippen molar-refractivity contribution in [3.05, 3.63) is 58.9 Å². The number of thiophene rings is 1. The van der Waals surface area contributed by atoms with Crippen molar-refractivity contribution in [3.8, 4) is 10.4 Å². The zero-order valence-corrected chi connectivity index (χ0v) is 18.5. The van der Waals surface area contributed by atoms with Crippen molar-refractivity contribution in [1.29, 1.82) is 0 Å². The van der Waals surface area contributed by atoms with Crippen molar-refractivity contribution in [2.45, 2.75) is 19.9 Å². The molecule has 2 heterocycles. The number of anilines is 1. The molecule has 0 atom stereocenters. The Kier molecular flexibility index (Phi) is 7.24. The number of benzene rings is 1. The lowest BCUT2D eigenvalue weighted by Gasteiger charge is -2.11. The fraction of sp³-hybridized carbons (Fsp3) is 0.250. The van der Waals surface area contributed by atoms with Crippen LogP contribution in [-0.4, -0.2) is 34.5 Å². The summed E-state index contributed by atoms with van der Waals surface area (Å²) in [5, 5.41) is 12.3. The van der Waals surface area contributed by atoms with E-state index in [0.29, 0.717) is 27.2 Å². The molecular weight excluding hydrogens is 428 g/mol. The smallest absolute Gasteiger partial charge is 0.340 e. The number of halogens is 1. The molecule has 6 nitrogen and oxygen atoms in total. The summed E-state index contributed by atoms with van der Waals surface area (Å²) >= 11 is 12.9. The number of methoxy groups -OCH3 is 1. The molecule has 0 fully saturated rings. The van der Waals surface area contributed by atoms with E-state index in [-0.39, 0.29) is 0 Å². The average molecular weight is 449 g/mol. The van der Waals surface area contributed by atoms with Gasteiger partial charge < -0.3 is 15.4 Å². The molecule has 0 bridgehead atoms. The van der Waals surface area contributed by atoms with E-state index in [2.05, 4.69) is 15.7 Å². The van der Waals surface area contributed by atoms with E-state index in [4.69, 9.17) is 28.6 Å². The van der Waals surface area contributed by atoms with E-state index in [1.165, 1.54) is 18.4 Å². The lowest BCUT2D eigenvalue weighted by molar-refractivity contribution is 0.0602. The van der Waals surface area contributed by atoms with Crippen molar-refractivity contribution >= 4 is 51.2 Å². The van der Waals surface area contributed by atoms with Crippen LogP contribution >= 0.6 is 35.2 Å². The van der Waals surface area contributed by atoms with Gasteiger partial charge in [-0.15, -0.1) is 11.3 Å². The molecule has 0 saturated carbocycles. The van der Waals surface area contributed by atoms with Crippen molar-refractivity contribution < 1.29 is 9.53 Å². The van der Waals surface area contributed by atoms with E-state index in [1.54, 1.807) is 6.20 Å². The summed E-state index contributed by atoms with van der Waals surface area (Å²) < 4.78 is 6.77. The fourth-order valence-electron chi connectivity index (χ4n) is 2.72. The maximum absolute atomic E-state index is 12.2. The first-order valence-corrected chi connectivity index (χ1v) is 10.6. The number of hydrogen-bond donors (Lipinski definition) is 2. The molecule has 3 rings (SSSR count). The molecule has 0 radical (unpaired) electrons. The van der Waals surface area contributed by atoms with E-state index in [1.807, 2.05) is 48.0 Å². The van der Waals surface area contributed by atoms with Gasteiger partial charge in [0.1, 0.15) is 5.00 Å². The quantitative estimate of drug-likeness (QED) is 0.309. The van der Waals surface area contributed by atoms with Crippen LogP contribution in [0.15, 0.2) is 42.6 Å². The van der Waals surface area contributed by atoms with Crippen LogP contribution in [-0.2, 0) is 11.3 Å². The highest BCUT2D eigenvalue weighted by Crippen LogP contribution is 2.35. The monoisotopic (exact) mass is 448 g/mol. The summed E-state index contributed by atoms with van der Waals surface area (Å²) in [5.74, 6) is -0.403. The van der Waals surface area contributed by atoms with Gasteiger partial charge in [-0.2, -0.15) is 5.10 Å². The Labute approximate surface area is 183 Å². The van der Waals surface area contributed by atoms with Crippen LogP contribution in [0.2, 0.25) is 5.02 Å². The van der Waals surface area contributed by atoms with Crippen LogP contribution in [0, 0.1) is 6.92 Å². The molecule has 3 aromatic rings. The number of carbonyl (C=O) groups is 1. The summed E-state index contributed by atoms with van der Waals surface area (Å²) in [6.45, 7) is 3.33. The molecule has 0 aliphatic rings. The van der Waals surface area contributed by atoms with Crippen LogP contribution in [0.4, 0.5) is 5.00 Å². The molecule has 0 amide bonds. The Balaban J connectivity index is 1.60. The van der Waals surface area contributed by atoms with Crippen molar-refractivity contribution in [3.63, 3.8) is 0 Å². The molecule has 29 heavy (non-hydrogen) atoms. The maximum atomic E-state index is 12.2. The minimum absolute atomic E-state index is 0.403. The third-order valence-corrected chi connectivity index (χ3v) is 6.02. The van der Waals surface area contributed by atoms with Gasteiger partial charge in [0.15, 0.2) is 5.11 Å². The second-order valence-electron chi connectivity index (χ2n) is 6.25. The van der Waals surface area contributed by atoms with Crippen LogP contribution in [0.5, 0.6) is 0 Å². The van der Waals surface area contributed by atoms with E-state index in [0.717, 1.165) is 29.1 Å². The Morgan fingerprint density at radius 1 is 1.34 bits per heavy atom. The third-order valence-electron chi connectivity index (χ3n) is 4.30. The number of carbonyl (C=O) groups excluding carboxylic acids is 1. The summed E-state index contributed by atoms with van der Waals surface area (Å²) in [4.78, 5) is 13.1. The van der Waals surface area contributed by atoms with Crippen molar-refractivity contribution in [1.82, 2.24) is 15.1 Å². The first-order chi connectivity index (χ1) is 14.0. The first-order valence-electron chi connectivity index (χ1n) is 9.00. The molecule has 0 aliphatic carbocycles. The Bertz CT molecular complexity index is 1000. The van der Waals surface area contributed by atoms with Gasteiger partial charge in [-0.3, -0.25) is 4.68 Å². The number of aromatic nitrogens is 2. The highest BCUT2D eigenvalue weighted by molar-refractivity contribution is 7.80. The van der Waals surface area contributed by atoms with Crippen LogP contribution in [0.25, 0.3) is 10.4 Å². The van der Waals surface area contributed by atoms with Crippen molar-refractivity contribution in [2.75, 3.05) is 19.0 Å². The Morgan fingerprint density at radius 3 is 2.76 bits per heavy atom. The van der Waals surface area contributed by atoms with Gasteiger partial charge in [0, 0.05) is 18.0 Å². The van der Waals surface area contributed by atoms with Gasteiger partial charge in [0.05, 0.1) is 29.6 Å². The van der Waals surface area contributed by atoms with Crippen LogP contribution in [0.1, 0.15) is 22.5 Å². The van der Waals surface area contributed by atoms with E-state index in [9.17, 15) is 4.79 Å². The predicted octanol–water partition coefficient (Wildman–Crippen LogP) is 4.74. The van der Waals surface area contributed by atoms with E-state index < -0.39 is 5.97 Å². The normalized spacial score (nSPS) is 10.6. The highest BCUT2D eigenvalue weighted by Gasteiger charge is 2.18. The standard InChI is InChI=1S/C20H21ClN4O2S2/c1-13-16(21)12-23-25(13)10-6-9-22-20(28)24-18-15(19(26)27-2)11-17(29-18)14-7-4-3-5-8-14/h3-5,7-8,11-12H,6,9-10H2,1-2H3,(H2,22,24,28). The molecule has 0 saturated heterocycles.